The molecule has 128 valence electrons. The zero-order chi connectivity index (χ0) is 17.2. The molecule has 1 fully saturated rings. The number of benzene rings is 1. The highest BCUT2D eigenvalue weighted by Gasteiger charge is 2.56. The molecule has 1 aromatic rings. The molecule has 0 aromatic heterocycles. The Labute approximate surface area is 139 Å². The summed E-state index contributed by atoms with van der Waals surface area (Å²) in [6, 6.07) is 3.76. The molecule has 0 spiro atoms. The van der Waals surface area contributed by atoms with Crippen LogP contribution in [0, 0.1) is 11.3 Å². The van der Waals surface area contributed by atoms with Crippen LogP contribution in [0.5, 0.6) is 5.75 Å². The normalized spacial score (nSPS) is 35.7. The monoisotopic (exact) mass is 318 g/mol. The Morgan fingerprint density at radius 1 is 1.09 bits per heavy atom. The van der Waals surface area contributed by atoms with Crippen molar-refractivity contribution in [1.29, 1.82) is 0 Å². The number of fused-ring (bicyclic) bond motifs is 3. The summed E-state index contributed by atoms with van der Waals surface area (Å²) in [7, 11) is 0. The van der Waals surface area contributed by atoms with Crippen molar-refractivity contribution in [2.45, 2.75) is 77.4 Å². The van der Waals surface area contributed by atoms with Gasteiger partial charge in [0, 0.05) is 5.92 Å². The topological polar surface area (TPSA) is 60.7 Å². The van der Waals surface area contributed by atoms with Gasteiger partial charge in [-0.15, -0.1) is 0 Å². The lowest BCUT2D eigenvalue weighted by molar-refractivity contribution is -0.113. The molecular weight excluding hydrogens is 288 g/mol. The minimum atomic E-state index is -0.876. The van der Waals surface area contributed by atoms with Crippen LogP contribution in [0.3, 0.4) is 0 Å². The van der Waals surface area contributed by atoms with Gasteiger partial charge in [0.25, 0.3) is 0 Å². The molecule has 1 aromatic carbocycles. The Hall–Kier alpha value is -1.06. The third kappa shape index (κ3) is 2.32. The molecule has 0 amide bonds. The molecule has 2 aliphatic carbocycles. The highest BCUT2D eigenvalue weighted by molar-refractivity contribution is 5.50. The standard InChI is InChI=1S/C20H30O3/c1-11(2)12-9-13-14(10-15(12)21)20(5)8-6-7-19(3,4)18(20)17(23)16(13)22/h9-11,16-18,21-23H,6-8H2,1-5H3/t16-,17-,18+,20-/m1/s1. The minimum Gasteiger partial charge on any atom is -0.508 e. The first-order valence-electron chi connectivity index (χ1n) is 8.83. The summed E-state index contributed by atoms with van der Waals surface area (Å²) in [4.78, 5) is 0. The van der Waals surface area contributed by atoms with Gasteiger partial charge in [0.2, 0.25) is 0 Å². The quantitative estimate of drug-likeness (QED) is 0.733. The highest BCUT2D eigenvalue weighted by atomic mass is 16.3. The fraction of sp³-hybridized carbons (Fsp3) is 0.700. The van der Waals surface area contributed by atoms with E-state index in [1.165, 1.54) is 0 Å². The molecule has 0 heterocycles. The number of phenols is 1. The Bertz CT molecular complexity index is 620. The van der Waals surface area contributed by atoms with E-state index in [9.17, 15) is 15.3 Å². The van der Waals surface area contributed by atoms with E-state index in [1.54, 1.807) is 0 Å². The van der Waals surface area contributed by atoms with Gasteiger partial charge < -0.3 is 15.3 Å². The Balaban J connectivity index is 2.24. The van der Waals surface area contributed by atoms with Crippen LogP contribution in [0.2, 0.25) is 0 Å². The van der Waals surface area contributed by atoms with Crippen molar-refractivity contribution >= 4 is 0 Å². The van der Waals surface area contributed by atoms with Gasteiger partial charge >= 0.3 is 0 Å². The summed E-state index contributed by atoms with van der Waals surface area (Å²) in [5.41, 5.74) is 2.43. The smallest absolute Gasteiger partial charge is 0.119 e. The van der Waals surface area contributed by atoms with Crippen LogP contribution in [0.15, 0.2) is 12.1 Å². The van der Waals surface area contributed by atoms with Gasteiger partial charge in [0.15, 0.2) is 0 Å². The van der Waals surface area contributed by atoms with Crippen molar-refractivity contribution in [3.05, 3.63) is 28.8 Å². The zero-order valence-corrected chi connectivity index (χ0v) is 14.9. The van der Waals surface area contributed by atoms with Crippen LogP contribution in [0.1, 0.15) is 82.6 Å². The first kappa shape index (κ1) is 16.8. The molecule has 2 aliphatic rings. The molecule has 3 heteroatoms. The van der Waals surface area contributed by atoms with E-state index in [2.05, 4.69) is 20.8 Å². The second-order valence-electron chi connectivity index (χ2n) is 8.83. The van der Waals surface area contributed by atoms with E-state index in [1.807, 2.05) is 26.0 Å². The third-order valence-corrected chi connectivity index (χ3v) is 6.47. The number of rotatable bonds is 1. The van der Waals surface area contributed by atoms with Crippen LogP contribution >= 0.6 is 0 Å². The van der Waals surface area contributed by atoms with E-state index in [0.29, 0.717) is 5.75 Å². The molecule has 4 atom stereocenters. The molecule has 0 saturated heterocycles. The van der Waals surface area contributed by atoms with E-state index in [4.69, 9.17) is 0 Å². The van der Waals surface area contributed by atoms with Crippen LogP contribution in [-0.4, -0.2) is 21.4 Å². The third-order valence-electron chi connectivity index (χ3n) is 6.47. The summed E-state index contributed by atoms with van der Waals surface area (Å²) < 4.78 is 0. The fourth-order valence-electron chi connectivity index (χ4n) is 5.42. The van der Waals surface area contributed by atoms with Gasteiger partial charge in [-0.25, -0.2) is 0 Å². The maximum Gasteiger partial charge on any atom is 0.119 e. The average molecular weight is 318 g/mol. The maximum atomic E-state index is 10.9. The molecule has 0 aliphatic heterocycles. The number of aromatic hydroxyl groups is 1. The van der Waals surface area contributed by atoms with E-state index < -0.39 is 12.2 Å². The molecule has 3 N–H and O–H groups in total. The van der Waals surface area contributed by atoms with Crippen LogP contribution in [-0.2, 0) is 5.41 Å². The number of hydrogen-bond acceptors (Lipinski definition) is 3. The molecule has 0 unspecified atom stereocenters. The minimum absolute atomic E-state index is 0.00412. The lowest BCUT2D eigenvalue weighted by atomic mass is 9.49. The predicted octanol–water partition coefficient (Wildman–Crippen LogP) is 4.01. The Morgan fingerprint density at radius 2 is 1.74 bits per heavy atom. The molecule has 23 heavy (non-hydrogen) atoms. The SMILES string of the molecule is CC(C)c1cc2c(cc1O)[C@@]1(C)CCCC(C)(C)[C@@H]1[C@H](O)[C@@H]2O. The van der Waals surface area contributed by atoms with Crippen molar-refractivity contribution in [1.82, 2.24) is 0 Å². The summed E-state index contributed by atoms with van der Waals surface area (Å²) in [5, 5.41) is 32.2. The Morgan fingerprint density at radius 3 is 2.35 bits per heavy atom. The maximum absolute atomic E-state index is 10.9. The van der Waals surface area contributed by atoms with Gasteiger partial charge in [0.05, 0.1) is 6.10 Å². The van der Waals surface area contributed by atoms with Crippen LogP contribution in [0.4, 0.5) is 0 Å². The fourth-order valence-corrected chi connectivity index (χ4v) is 5.42. The van der Waals surface area contributed by atoms with Crippen LogP contribution in [0.25, 0.3) is 0 Å². The van der Waals surface area contributed by atoms with E-state index in [0.717, 1.165) is 36.0 Å². The Kier molecular flexibility index (Phi) is 3.81. The molecule has 3 nitrogen and oxygen atoms in total. The highest BCUT2D eigenvalue weighted by Crippen LogP contribution is 2.59. The van der Waals surface area contributed by atoms with Crippen molar-refractivity contribution < 1.29 is 15.3 Å². The van der Waals surface area contributed by atoms with Gasteiger partial charge in [-0.1, -0.05) is 41.0 Å². The van der Waals surface area contributed by atoms with Gasteiger partial charge in [-0.3, -0.25) is 0 Å². The molecule has 0 radical (unpaired) electrons. The number of aliphatic hydroxyl groups is 2. The zero-order valence-electron chi connectivity index (χ0n) is 14.9. The van der Waals surface area contributed by atoms with Crippen molar-refractivity contribution in [2.24, 2.45) is 11.3 Å². The molecular formula is C20H30O3. The molecule has 3 rings (SSSR count). The predicted molar refractivity (Wildman–Crippen MR) is 91.6 cm³/mol. The first-order valence-corrected chi connectivity index (χ1v) is 8.83. The van der Waals surface area contributed by atoms with Crippen molar-refractivity contribution in [3.8, 4) is 5.75 Å². The van der Waals surface area contributed by atoms with Gasteiger partial charge in [0.1, 0.15) is 11.9 Å². The van der Waals surface area contributed by atoms with E-state index >= 15 is 0 Å². The van der Waals surface area contributed by atoms with Gasteiger partial charge in [-0.2, -0.15) is 0 Å². The molecule has 1 saturated carbocycles. The lowest BCUT2D eigenvalue weighted by Crippen LogP contribution is -2.55. The second kappa shape index (κ2) is 5.22. The number of aliphatic hydroxyl groups excluding tert-OH is 2. The molecule has 0 bridgehead atoms. The average Bonchev–Trinajstić information content (AvgIpc) is 2.43. The number of hydrogen-bond donors (Lipinski definition) is 3. The summed E-state index contributed by atoms with van der Waals surface area (Å²) >= 11 is 0. The first-order chi connectivity index (χ1) is 10.6. The summed E-state index contributed by atoms with van der Waals surface area (Å²) in [5.74, 6) is 0.485. The van der Waals surface area contributed by atoms with Crippen molar-refractivity contribution in [3.63, 3.8) is 0 Å². The van der Waals surface area contributed by atoms with E-state index in [-0.39, 0.29) is 22.7 Å². The summed E-state index contributed by atoms with van der Waals surface area (Å²) in [6.07, 6.45) is 1.52. The second-order valence-corrected chi connectivity index (χ2v) is 8.83. The number of phenolic OH excluding ortho intramolecular Hbond substituents is 1. The summed E-state index contributed by atoms with van der Waals surface area (Å²) in [6.45, 7) is 10.6. The van der Waals surface area contributed by atoms with Crippen LogP contribution < -0.4 is 0 Å². The lowest BCUT2D eigenvalue weighted by Gasteiger charge is -2.57. The largest absolute Gasteiger partial charge is 0.508 e. The van der Waals surface area contributed by atoms with Crippen molar-refractivity contribution in [2.75, 3.05) is 0 Å². The van der Waals surface area contributed by atoms with Gasteiger partial charge in [-0.05, 0) is 58.4 Å².